The third-order valence-corrected chi connectivity index (χ3v) is 3.90. The van der Waals surface area contributed by atoms with Gasteiger partial charge in [-0.3, -0.25) is 4.99 Å². The van der Waals surface area contributed by atoms with Crippen molar-refractivity contribution in [1.29, 1.82) is 0 Å². The number of methoxy groups -OCH3 is 1. The Bertz CT molecular complexity index is 850. The first-order valence-electron chi connectivity index (χ1n) is 7.62. The summed E-state index contributed by atoms with van der Waals surface area (Å²) in [5.74, 6) is 1.04. The number of aromatic amines is 1. The number of rotatable bonds is 5. The van der Waals surface area contributed by atoms with E-state index in [4.69, 9.17) is 4.74 Å². The fraction of sp³-hybridized carbons (Fsp3) is 0.211. The molecule has 118 valence electrons. The van der Waals surface area contributed by atoms with Gasteiger partial charge in [0.2, 0.25) is 0 Å². The van der Waals surface area contributed by atoms with E-state index in [2.05, 4.69) is 9.98 Å². The van der Waals surface area contributed by atoms with Gasteiger partial charge in [-0.2, -0.15) is 0 Å². The number of hydrogen-bond acceptors (Lipinski definition) is 3. The van der Waals surface area contributed by atoms with Crippen molar-refractivity contribution >= 4 is 17.1 Å². The van der Waals surface area contributed by atoms with Crippen molar-refractivity contribution in [2.24, 2.45) is 4.99 Å². The second-order valence-corrected chi connectivity index (χ2v) is 5.53. The average Bonchev–Trinajstić information content (AvgIpc) is 2.86. The summed E-state index contributed by atoms with van der Waals surface area (Å²) in [5.41, 5.74) is 3.94. The van der Waals surface area contributed by atoms with Crippen LogP contribution in [-0.2, 0) is 6.42 Å². The van der Waals surface area contributed by atoms with Crippen LogP contribution in [0.2, 0.25) is 0 Å². The first-order chi connectivity index (χ1) is 11.2. The molecule has 0 saturated carbocycles. The van der Waals surface area contributed by atoms with Gasteiger partial charge in [0, 0.05) is 23.7 Å². The highest BCUT2D eigenvalue weighted by Crippen LogP contribution is 2.26. The quantitative estimate of drug-likeness (QED) is 0.703. The predicted octanol–water partition coefficient (Wildman–Crippen LogP) is 3.85. The van der Waals surface area contributed by atoms with Crippen LogP contribution in [0, 0.1) is 6.92 Å². The van der Waals surface area contributed by atoms with Crippen LogP contribution in [0.25, 0.3) is 10.9 Å². The first kappa shape index (κ1) is 15.2. The number of aliphatic imine (C=N–C) groups is 1. The number of ether oxygens (including phenoxy) is 1. The monoisotopic (exact) mass is 308 g/mol. The molecule has 0 radical (unpaired) electrons. The van der Waals surface area contributed by atoms with Crippen molar-refractivity contribution in [2.75, 3.05) is 13.7 Å². The number of aryl methyl sites for hydroxylation is 1. The lowest BCUT2D eigenvalue weighted by Crippen LogP contribution is -1.95. The summed E-state index contributed by atoms with van der Waals surface area (Å²) in [5, 5.41) is 11.0. The molecule has 0 bridgehead atoms. The second kappa shape index (κ2) is 6.57. The Labute approximate surface area is 135 Å². The molecular weight excluding hydrogens is 288 g/mol. The van der Waals surface area contributed by atoms with Crippen LogP contribution in [0.4, 0.5) is 0 Å². The highest BCUT2D eigenvalue weighted by molar-refractivity contribution is 6.02. The Hall–Kier alpha value is -2.75. The standard InChI is InChI=1S/C19H20N2O2/c1-13-7-8-15-16(19(22)21-17(15)11-13)12-20-10-9-14-5-3-4-6-18(14)23-2/h3-8,11-12,21-22H,9-10H2,1-2H3. The van der Waals surface area contributed by atoms with E-state index in [-0.39, 0.29) is 5.88 Å². The molecule has 0 aliphatic heterocycles. The molecule has 0 spiro atoms. The molecular formula is C19H20N2O2. The van der Waals surface area contributed by atoms with Crippen LogP contribution in [0.3, 0.4) is 0 Å². The van der Waals surface area contributed by atoms with Gasteiger partial charge in [-0.1, -0.05) is 30.3 Å². The summed E-state index contributed by atoms with van der Waals surface area (Å²) in [6.07, 6.45) is 2.53. The maximum Gasteiger partial charge on any atom is 0.198 e. The van der Waals surface area contributed by atoms with E-state index >= 15 is 0 Å². The van der Waals surface area contributed by atoms with Gasteiger partial charge < -0.3 is 14.8 Å². The number of H-pyrrole nitrogens is 1. The smallest absolute Gasteiger partial charge is 0.198 e. The molecule has 0 aliphatic rings. The van der Waals surface area contributed by atoms with E-state index in [1.54, 1.807) is 13.3 Å². The molecule has 2 aromatic carbocycles. The number of nitrogens with one attached hydrogen (secondary N) is 1. The summed E-state index contributed by atoms with van der Waals surface area (Å²) in [6, 6.07) is 14.0. The molecule has 0 saturated heterocycles. The summed E-state index contributed by atoms with van der Waals surface area (Å²) in [7, 11) is 1.67. The third kappa shape index (κ3) is 3.21. The molecule has 0 atom stereocenters. The lowest BCUT2D eigenvalue weighted by atomic mass is 10.1. The van der Waals surface area contributed by atoms with Gasteiger partial charge in [-0.15, -0.1) is 0 Å². The third-order valence-electron chi connectivity index (χ3n) is 3.90. The number of benzene rings is 2. The van der Waals surface area contributed by atoms with E-state index in [9.17, 15) is 5.11 Å². The zero-order chi connectivity index (χ0) is 16.2. The summed E-state index contributed by atoms with van der Waals surface area (Å²) in [6.45, 7) is 2.66. The van der Waals surface area contributed by atoms with E-state index < -0.39 is 0 Å². The molecule has 1 heterocycles. The molecule has 0 amide bonds. The van der Waals surface area contributed by atoms with Crippen molar-refractivity contribution < 1.29 is 9.84 Å². The van der Waals surface area contributed by atoms with E-state index in [1.807, 2.05) is 49.4 Å². The lowest BCUT2D eigenvalue weighted by molar-refractivity contribution is 0.410. The maximum atomic E-state index is 10.1. The normalized spacial score (nSPS) is 11.4. The molecule has 0 unspecified atom stereocenters. The van der Waals surface area contributed by atoms with Crippen LogP contribution in [0.15, 0.2) is 47.5 Å². The molecule has 1 aromatic heterocycles. The largest absolute Gasteiger partial charge is 0.496 e. The van der Waals surface area contributed by atoms with E-state index in [0.29, 0.717) is 6.54 Å². The molecule has 4 heteroatoms. The van der Waals surface area contributed by atoms with Gasteiger partial charge in [0.05, 0.1) is 12.7 Å². The highest BCUT2D eigenvalue weighted by atomic mass is 16.5. The van der Waals surface area contributed by atoms with Crippen LogP contribution in [0.1, 0.15) is 16.7 Å². The van der Waals surface area contributed by atoms with Crippen LogP contribution < -0.4 is 4.74 Å². The average molecular weight is 308 g/mol. The first-order valence-corrected chi connectivity index (χ1v) is 7.62. The van der Waals surface area contributed by atoms with Gasteiger partial charge in [-0.05, 0) is 36.6 Å². The number of para-hydroxylation sites is 1. The number of nitrogens with zero attached hydrogens (tertiary/aromatic N) is 1. The fourth-order valence-corrected chi connectivity index (χ4v) is 2.70. The Morgan fingerprint density at radius 2 is 2.04 bits per heavy atom. The zero-order valence-electron chi connectivity index (χ0n) is 13.3. The van der Waals surface area contributed by atoms with Gasteiger partial charge >= 0.3 is 0 Å². The van der Waals surface area contributed by atoms with Gasteiger partial charge in [0.1, 0.15) is 5.75 Å². The fourth-order valence-electron chi connectivity index (χ4n) is 2.70. The van der Waals surface area contributed by atoms with Crippen LogP contribution in [-0.4, -0.2) is 30.0 Å². The van der Waals surface area contributed by atoms with Crippen molar-refractivity contribution in [1.82, 2.24) is 4.98 Å². The second-order valence-electron chi connectivity index (χ2n) is 5.53. The van der Waals surface area contributed by atoms with Crippen LogP contribution in [0.5, 0.6) is 11.6 Å². The van der Waals surface area contributed by atoms with Crippen LogP contribution >= 0.6 is 0 Å². The summed E-state index contributed by atoms with van der Waals surface area (Å²) < 4.78 is 5.34. The van der Waals surface area contributed by atoms with Gasteiger partial charge in [-0.25, -0.2) is 0 Å². The molecule has 23 heavy (non-hydrogen) atoms. The maximum absolute atomic E-state index is 10.1. The Kier molecular flexibility index (Phi) is 4.33. The highest BCUT2D eigenvalue weighted by Gasteiger charge is 2.08. The number of hydrogen-bond donors (Lipinski definition) is 2. The Balaban J connectivity index is 1.75. The lowest BCUT2D eigenvalue weighted by Gasteiger charge is -2.05. The topological polar surface area (TPSA) is 57.6 Å². The number of aromatic hydroxyl groups is 1. The minimum absolute atomic E-state index is 0.159. The van der Waals surface area contributed by atoms with E-state index in [1.165, 1.54) is 0 Å². The molecule has 0 aliphatic carbocycles. The molecule has 3 rings (SSSR count). The SMILES string of the molecule is COc1ccccc1CCN=Cc1c(O)[nH]c2cc(C)ccc12. The Morgan fingerprint density at radius 3 is 2.87 bits per heavy atom. The summed E-state index contributed by atoms with van der Waals surface area (Å²) >= 11 is 0. The van der Waals surface area contributed by atoms with Gasteiger partial charge in [0.15, 0.2) is 5.88 Å². The Morgan fingerprint density at radius 1 is 1.22 bits per heavy atom. The van der Waals surface area contributed by atoms with E-state index in [0.717, 1.165) is 39.8 Å². The van der Waals surface area contributed by atoms with Crippen molar-refractivity contribution in [2.45, 2.75) is 13.3 Å². The van der Waals surface area contributed by atoms with Crippen molar-refractivity contribution in [3.63, 3.8) is 0 Å². The molecule has 2 N–H and O–H groups in total. The van der Waals surface area contributed by atoms with Crippen molar-refractivity contribution in [3.05, 3.63) is 59.2 Å². The zero-order valence-corrected chi connectivity index (χ0v) is 13.3. The molecule has 0 fully saturated rings. The molecule has 3 aromatic rings. The number of aromatic nitrogens is 1. The number of fused-ring (bicyclic) bond motifs is 1. The molecule has 4 nitrogen and oxygen atoms in total. The van der Waals surface area contributed by atoms with Crippen molar-refractivity contribution in [3.8, 4) is 11.6 Å². The minimum Gasteiger partial charge on any atom is -0.496 e. The minimum atomic E-state index is 0.159. The summed E-state index contributed by atoms with van der Waals surface area (Å²) in [4.78, 5) is 7.45. The predicted molar refractivity (Wildman–Crippen MR) is 93.9 cm³/mol. The van der Waals surface area contributed by atoms with Gasteiger partial charge in [0.25, 0.3) is 0 Å².